The molecule has 1 aromatic heterocycles. The Hall–Kier alpha value is -0.500. The lowest BCUT2D eigenvalue weighted by Gasteiger charge is -1.98. The summed E-state index contributed by atoms with van der Waals surface area (Å²) in [5.41, 5.74) is 0. The van der Waals surface area contributed by atoms with Crippen LogP contribution in [-0.4, -0.2) is 6.61 Å². The minimum Gasteiger partial charge on any atom is -0.493 e. The van der Waals surface area contributed by atoms with Crippen molar-refractivity contribution < 1.29 is 4.74 Å². The van der Waals surface area contributed by atoms with Crippen molar-refractivity contribution in [2.75, 3.05) is 6.61 Å². The summed E-state index contributed by atoms with van der Waals surface area (Å²) in [4.78, 5) is 2.60. The van der Waals surface area contributed by atoms with Crippen LogP contribution >= 0.6 is 11.3 Å². The number of thiophene rings is 1. The van der Waals surface area contributed by atoms with Gasteiger partial charge in [-0.15, -0.1) is 11.3 Å². The lowest BCUT2D eigenvalue weighted by molar-refractivity contribution is 0.339. The maximum Gasteiger partial charge on any atom is 0.133 e. The molecule has 0 radical (unpaired) electrons. The first-order valence-corrected chi connectivity index (χ1v) is 4.25. The first kappa shape index (κ1) is 7.61. The summed E-state index contributed by atoms with van der Waals surface area (Å²) in [6.45, 7) is 6.95. The van der Waals surface area contributed by atoms with Crippen LogP contribution in [-0.2, 0) is 0 Å². The van der Waals surface area contributed by atoms with E-state index >= 15 is 0 Å². The van der Waals surface area contributed by atoms with Gasteiger partial charge in [-0.05, 0) is 26.8 Å². The minimum atomic E-state index is 0.761. The summed E-state index contributed by atoms with van der Waals surface area (Å²) >= 11 is 1.78. The van der Waals surface area contributed by atoms with Crippen molar-refractivity contribution in [3.8, 4) is 5.75 Å². The fourth-order valence-corrected chi connectivity index (χ4v) is 1.77. The van der Waals surface area contributed by atoms with Crippen LogP contribution in [0, 0.1) is 13.8 Å². The van der Waals surface area contributed by atoms with Crippen molar-refractivity contribution in [2.45, 2.75) is 20.8 Å². The molecule has 0 unspecified atom stereocenters. The third-order valence-corrected chi connectivity index (χ3v) is 2.24. The molecule has 0 aliphatic carbocycles. The molecule has 0 saturated heterocycles. The molecule has 1 nitrogen and oxygen atoms in total. The van der Waals surface area contributed by atoms with E-state index in [1.807, 2.05) is 6.92 Å². The van der Waals surface area contributed by atoms with Crippen LogP contribution in [0.2, 0.25) is 0 Å². The van der Waals surface area contributed by atoms with Crippen molar-refractivity contribution in [3.63, 3.8) is 0 Å². The Kier molecular flexibility index (Phi) is 2.33. The molecule has 0 aliphatic heterocycles. The maximum absolute atomic E-state index is 5.37. The second kappa shape index (κ2) is 3.06. The highest BCUT2D eigenvalue weighted by atomic mass is 32.1. The van der Waals surface area contributed by atoms with E-state index in [0.29, 0.717) is 0 Å². The lowest BCUT2D eigenvalue weighted by Crippen LogP contribution is -1.89. The molecule has 0 atom stereocenters. The van der Waals surface area contributed by atoms with Crippen LogP contribution in [0.3, 0.4) is 0 Å². The van der Waals surface area contributed by atoms with Crippen molar-refractivity contribution >= 4 is 11.3 Å². The zero-order valence-electron chi connectivity index (χ0n) is 6.60. The third kappa shape index (κ3) is 1.51. The zero-order chi connectivity index (χ0) is 7.56. The number of hydrogen-bond acceptors (Lipinski definition) is 2. The van der Waals surface area contributed by atoms with Gasteiger partial charge in [-0.3, -0.25) is 0 Å². The van der Waals surface area contributed by atoms with Gasteiger partial charge in [-0.2, -0.15) is 0 Å². The van der Waals surface area contributed by atoms with Gasteiger partial charge in [0.2, 0.25) is 0 Å². The average Bonchev–Trinajstić information content (AvgIpc) is 2.13. The molecule has 10 heavy (non-hydrogen) atoms. The van der Waals surface area contributed by atoms with E-state index in [4.69, 9.17) is 4.74 Å². The van der Waals surface area contributed by atoms with Gasteiger partial charge in [0.25, 0.3) is 0 Å². The SMILES string of the molecule is CCOc1cc(C)sc1C. The van der Waals surface area contributed by atoms with Gasteiger partial charge >= 0.3 is 0 Å². The fourth-order valence-electron chi connectivity index (χ4n) is 0.906. The summed E-state index contributed by atoms with van der Waals surface area (Å²) in [6.07, 6.45) is 0. The fraction of sp³-hybridized carbons (Fsp3) is 0.500. The van der Waals surface area contributed by atoms with E-state index in [0.717, 1.165) is 12.4 Å². The Balaban J connectivity index is 2.81. The van der Waals surface area contributed by atoms with Gasteiger partial charge < -0.3 is 4.74 Å². The third-order valence-electron chi connectivity index (χ3n) is 1.30. The summed E-state index contributed by atoms with van der Waals surface area (Å²) in [7, 11) is 0. The minimum absolute atomic E-state index is 0.761. The van der Waals surface area contributed by atoms with E-state index in [-0.39, 0.29) is 0 Å². The molecule has 0 fully saturated rings. The van der Waals surface area contributed by atoms with Crippen molar-refractivity contribution in [1.29, 1.82) is 0 Å². The monoisotopic (exact) mass is 156 g/mol. The summed E-state index contributed by atoms with van der Waals surface area (Å²) in [6, 6.07) is 2.09. The zero-order valence-corrected chi connectivity index (χ0v) is 7.42. The first-order valence-electron chi connectivity index (χ1n) is 3.44. The predicted octanol–water partition coefficient (Wildman–Crippen LogP) is 2.76. The highest BCUT2D eigenvalue weighted by Gasteiger charge is 2.00. The highest BCUT2D eigenvalue weighted by Crippen LogP contribution is 2.27. The molecule has 0 amide bonds. The summed E-state index contributed by atoms with van der Waals surface area (Å²) in [5, 5.41) is 0. The number of rotatable bonds is 2. The molecule has 0 N–H and O–H groups in total. The number of hydrogen-bond donors (Lipinski definition) is 0. The van der Waals surface area contributed by atoms with E-state index in [1.165, 1.54) is 9.75 Å². The van der Waals surface area contributed by atoms with E-state index in [9.17, 15) is 0 Å². The Morgan fingerprint density at radius 1 is 1.50 bits per heavy atom. The van der Waals surface area contributed by atoms with Crippen molar-refractivity contribution in [1.82, 2.24) is 0 Å². The standard InChI is InChI=1S/C8H12OS/c1-4-9-8-5-6(2)10-7(8)3/h5H,4H2,1-3H3. The molecule has 1 heterocycles. The molecule has 2 heteroatoms. The average molecular weight is 156 g/mol. The summed E-state index contributed by atoms with van der Waals surface area (Å²) < 4.78 is 5.37. The maximum atomic E-state index is 5.37. The van der Waals surface area contributed by atoms with E-state index in [2.05, 4.69) is 19.9 Å². The molecule has 0 aromatic carbocycles. The van der Waals surface area contributed by atoms with Gasteiger partial charge in [-0.1, -0.05) is 0 Å². The van der Waals surface area contributed by atoms with Crippen molar-refractivity contribution in [3.05, 3.63) is 15.8 Å². The molecule has 0 bridgehead atoms. The van der Waals surface area contributed by atoms with Crippen LogP contribution in [0.25, 0.3) is 0 Å². The van der Waals surface area contributed by atoms with Gasteiger partial charge in [-0.25, -0.2) is 0 Å². The smallest absolute Gasteiger partial charge is 0.133 e. The van der Waals surface area contributed by atoms with Crippen LogP contribution in [0.5, 0.6) is 5.75 Å². The molecule has 1 aromatic rings. The molecule has 1 rings (SSSR count). The first-order chi connectivity index (χ1) is 4.74. The Morgan fingerprint density at radius 2 is 2.20 bits per heavy atom. The second-order valence-electron chi connectivity index (χ2n) is 2.21. The van der Waals surface area contributed by atoms with Crippen molar-refractivity contribution in [2.24, 2.45) is 0 Å². The van der Waals surface area contributed by atoms with E-state index in [1.54, 1.807) is 11.3 Å². The number of aryl methyl sites for hydroxylation is 2. The van der Waals surface area contributed by atoms with Crippen LogP contribution in [0.15, 0.2) is 6.07 Å². The van der Waals surface area contributed by atoms with Gasteiger partial charge in [0, 0.05) is 9.75 Å². The Bertz CT molecular complexity index is 215. The second-order valence-corrected chi connectivity index (χ2v) is 3.67. The van der Waals surface area contributed by atoms with Crippen LogP contribution < -0.4 is 4.74 Å². The lowest BCUT2D eigenvalue weighted by atomic mass is 10.4. The van der Waals surface area contributed by atoms with Gasteiger partial charge in [0.15, 0.2) is 0 Å². The van der Waals surface area contributed by atoms with Crippen LogP contribution in [0.1, 0.15) is 16.7 Å². The van der Waals surface area contributed by atoms with Gasteiger partial charge in [0.1, 0.15) is 5.75 Å². The van der Waals surface area contributed by atoms with Crippen LogP contribution in [0.4, 0.5) is 0 Å². The molecule has 0 spiro atoms. The number of ether oxygens (including phenoxy) is 1. The molecule has 0 saturated carbocycles. The normalized spacial score (nSPS) is 9.90. The molecule has 0 aliphatic rings. The summed E-state index contributed by atoms with van der Waals surface area (Å²) in [5.74, 6) is 1.05. The topological polar surface area (TPSA) is 9.23 Å². The quantitative estimate of drug-likeness (QED) is 0.639. The molecule has 56 valence electrons. The molecular formula is C8H12OS. The highest BCUT2D eigenvalue weighted by molar-refractivity contribution is 7.12. The van der Waals surface area contributed by atoms with Gasteiger partial charge in [0.05, 0.1) is 6.61 Å². The van der Waals surface area contributed by atoms with E-state index < -0.39 is 0 Å². The Morgan fingerprint density at radius 3 is 2.60 bits per heavy atom. The predicted molar refractivity (Wildman–Crippen MR) is 45.0 cm³/mol. The molecular weight excluding hydrogens is 144 g/mol. The Labute approximate surface area is 65.6 Å². The largest absolute Gasteiger partial charge is 0.493 e.